The normalized spacial score (nSPS) is 17.5. The number of ether oxygens (including phenoxy) is 2. The molecule has 2 aromatic carbocycles. The summed E-state index contributed by atoms with van der Waals surface area (Å²) < 4.78 is 12.1. The van der Waals surface area contributed by atoms with Crippen molar-refractivity contribution in [3.63, 3.8) is 0 Å². The maximum absolute atomic E-state index is 12.6. The second-order valence-corrected chi connectivity index (χ2v) is 7.68. The van der Waals surface area contributed by atoms with E-state index in [-0.39, 0.29) is 12.0 Å². The number of carbonyl (C=O) groups is 1. The van der Waals surface area contributed by atoms with Gasteiger partial charge in [0.15, 0.2) is 0 Å². The van der Waals surface area contributed by atoms with Gasteiger partial charge in [-0.25, -0.2) is 0 Å². The molecule has 1 aliphatic heterocycles. The molecule has 1 aliphatic rings. The molecule has 27 heavy (non-hydrogen) atoms. The Morgan fingerprint density at radius 1 is 1.33 bits per heavy atom. The van der Waals surface area contributed by atoms with Gasteiger partial charge in [-0.05, 0) is 30.2 Å². The van der Waals surface area contributed by atoms with Gasteiger partial charge in [-0.1, -0.05) is 46.3 Å². The van der Waals surface area contributed by atoms with Crippen molar-refractivity contribution in [2.24, 2.45) is 0 Å². The largest absolute Gasteiger partial charge is 0.495 e. The van der Waals surface area contributed by atoms with Gasteiger partial charge in [-0.15, -0.1) is 0 Å². The average molecular weight is 433 g/mol. The number of hydrogen-bond donors (Lipinski definition) is 1. The Morgan fingerprint density at radius 2 is 2.11 bits per heavy atom. The molecule has 2 aromatic rings. The first kappa shape index (κ1) is 19.9. The van der Waals surface area contributed by atoms with Crippen LogP contribution in [-0.4, -0.2) is 43.7 Å². The predicted molar refractivity (Wildman–Crippen MR) is 110 cm³/mol. The van der Waals surface area contributed by atoms with Gasteiger partial charge in [-0.2, -0.15) is 0 Å². The number of methoxy groups -OCH3 is 1. The molecule has 0 saturated carbocycles. The molecule has 3 rings (SSSR count). The molecule has 0 spiro atoms. The maximum Gasteiger partial charge on any atom is 0.227 e. The van der Waals surface area contributed by atoms with E-state index in [1.54, 1.807) is 7.11 Å². The minimum atomic E-state index is -0.107. The van der Waals surface area contributed by atoms with E-state index >= 15 is 0 Å². The molecule has 6 heteroatoms. The number of nitrogens with one attached hydrogen (secondary N) is 1. The minimum absolute atomic E-state index is 0.0646. The van der Waals surface area contributed by atoms with Crippen molar-refractivity contribution in [3.8, 4) is 5.75 Å². The summed E-state index contributed by atoms with van der Waals surface area (Å²) in [7, 11) is 1.60. The van der Waals surface area contributed by atoms with Crippen LogP contribution >= 0.6 is 15.9 Å². The van der Waals surface area contributed by atoms with E-state index < -0.39 is 0 Å². The Hall–Kier alpha value is -1.89. The summed E-state index contributed by atoms with van der Waals surface area (Å²) >= 11 is 3.45. The zero-order valence-corrected chi connectivity index (χ0v) is 17.3. The van der Waals surface area contributed by atoms with E-state index in [0.717, 1.165) is 29.7 Å². The summed E-state index contributed by atoms with van der Waals surface area (Å²) in [4.78, 5) is 14.9. The zero-order chi connectivity index (χ0) is 19.2. The molecule has 144 valence electrons. The van der Waals surface area contributed by atoms with Crippen LogP contribution in [0.5, 0.6) is 5.75 Å². The zero-order valence-electron chi connectivity index (χ0n) is 15.7. The number of hydrogen-bond acceptors (Lipinski definition) is 4. The second kappa shape index (κ2) is 9.35. The molecule has 0 aromatic heterocycles. The number of amides is 1. The van der Waals surface area contributed by atoms with Crippen LogP contribution in [0.4, 0.5) is 5.69 Å². The van der Waals surface area contributed by atoms with Crippen LogP contribution in [0.3, 0.4) is 0 Å². The van der Waals surface area contributed by atoms with Gasteiger partial charge < -0.3 is 14.8 Å². The van der Waals surface area contributed by atoms with Crippen LogP contribution in [0.15, 0.2) is 46.9 Å². The van der Waals surface area contributed by atoms with E-state index in [1.807, 2.05) is 25.1 Å². The molecule has 1 unspecified atom stereocenters. The molecular formula is C21H25BrN2O3. The first-order chi connectivity index (χ1) is 13.0. The van der Waals surface area contributed by atoms with Crippen molar-refractivity contribution in [2.75, 3.05) is 32.1 Å². The lowest BCUT2D eigenvalue weighted by Crippen LogP contribution is -2.43. The van der Waals surface area contributed by atoms with Crippen LogP contribution in [0.25, 0.3) is 0 Å². The second-order valence-electron chi connectivity index (χ2n) is 6.77. The molecule has 0 radical (unpaired) electrons. The van der Waals surface area contributed by atoms with Crippen LogP contribution in [0, 0.1) is 6.92 Å². The van der Waals surface area contributed by atoms with E-state index in [9.17, 15) is 4.79 Å². The Morgan fingerprint density at radius 3 is 2.85 bits per heavy atom. The van der Waals surface area contributed by atoms with Gasteiger partial charge >= 0.3 is 0 Å². The van der Waals surface area contributed by atoms with Gasteiger partial charge in [0, 0.05) is 24.1 Å². The van der Waals surface area contributed by atoms with Crippen molar-refractivity contribution in [1.29, 1.82) is 0 Å². The highest BCUT2D eigenvalue weighted by molar-refractivity contribution is 9.10. The summed E-state index contributed by atoms with van der Waals surface area (Å²) in [5.74, 6) is 0.579. The molecule has 1 fully saturated rings. The Kier molecular flexibility index (Phi) is 6.88. The summed E-state index contributed by atoms with van der Waals surface area (Å²) in [5.41, 5.74) is 2.94. The van der Waals surface area contributed by atoms with Crippen molar-refractivity contribution >= 4 is 27.5 Å². The molecule has 1 atom stereocenters. The van der Waals surface area contributed by atoms with Gasteiger partial charge in [0.2, 0.25) is 5.91 Å². The first-order valence-electron chi connectivity index (χ1n) is 9.07. The topological polar surface area (TPSA) is 50.8 Å². The molecule has 1 heterocycles. The first-order valence-corrected chi connectivity index (χ1v) is 9.86. The number of anilines is 1. The fourth-order valence-corrected chi connectivity index (χ4v) is 3.87. The number of carbonyl (C=O) groups excluding carboxylic acids is 1. The quantitative estimate of drug-likeness (QED) is 0.749. The molecule has 5 nitrogen and oxygen atoms in total. The SMILES string of the molecule is COc1cc(Br)cc(C)c1NC(=O)CC1CN(Cc2ccccc2)CCO1. The summed E-state index contributed by atoms with van der Waals surface area (Å²) in [5, 5.41) is 2.99. The molecule has 0 bridgehead atoms. The monoisotopic (exact) mass is 432 g/mol. The fraction of sp³-hybridized carbons (Fsp3) is 0.381. The van der Waals surface area contributed by atoms with Gasteiger partial charge in [0.25, 0.3) is 0 Å². The predicted octanol–water partition coefficient (Wildman–Crippen LogP) is 4.00. The standard InChI is InChI=1S/C21H25BrN2O3/c1-15-10-17(22)11-19(26-2)21(15)23-20(25)12-18-14-24(8-9-27-18)13-16-6-4-3-5-7-16/h3-7,10-11,18H,8-9,12-14H2,1-2H3,(H,23,25). The van der Waals surface area contributed by atoms with Crippen LogP contribution in [0.1, 0.15) is 17.5 Å². The Balaban J connectivity index is 1.58. The summed E-state index contributed by atoms with van der Waals surface area (Å²) in [6, 6.07) is 14.2. The van der Waals surface area contributed by atoms with Crippen molar-refractivity contribution < 1.29 is 14.3 Å². The van der Waals surface area contributed by atoms with Crippen molar-refractivity contribution in [3.05, 3.63) is 58.1 Å². The lowest BCUT2D eigenvalue weighted by Gasteiger charge is -2.32. The van der Waals surface area contributed by atoms with Crippen molar-refractivity contribution in [1.82, 2.24) is 4.90 Å². The fourth-order valence-electron chi connectivity index (χ4n) is 3.32. The Bertz CT molecular complexity index is 782. The number of morpholine rings is 1. The molecule has 1 amide bonds. The van der Waals surface area contributed by atoms with E-state index in [2.05, 4.69) is 50.4 Å². The highest BCUT2D eigenvalue weighted by Gasteiger charge is 2.23. The van der Waals surface area contributed by atoms with Gasteiger partial charge in [0.1, 0.15) is 5.75 Å². The summed E-state index contributed by atoms with van der Waals surface area (Å²) in [6.45, 7) is 5.10. The van der Waals surface area contributed by atoms with Crippen LogP contribution in [-0.2, 0) is 16.1 Å². The highest BCUT2D eigenvalue weighted by atomic mass is 79.9. The lowest BCUT2D eigenvalue weighted by molar-refractivity contribution is -0.121. The molecular weight excluding hydrogens is 408 g/mol. The van der Waals surface area contributed by atoms with E-state index in [1.165, 1.54) is 5.56 Å². The number of nitrogens with zero attached hydrogens (tertiary/aromatic N) is 1. The number of aryl methyl sites for hydroxylation is 1. The third-order valence-corrected chi connectivity index (χ3v) is 5.09. The van der Waals surface area contributed by atoms with E-state index in [4.69, 9.17) is 9.47 Å². The molecule has 1 saturated heterocycles. The minimum Gasteiger partial charge on any atom is -0.495 e. The number of halogens is 1. The average Bonchev–Trinajstić information content (AvgIpc) is 2.65. The highest BCUT2D eigenvalue weighted by Crippen LogP contribution is 2.32. The number of rotatable bonds is 6. The third-order valence-electron chi connectivity index (χ3n) is 4.63. The van der Waals surface area contributed by atoms with Gasteiger partial charge in [0.05, 0.1) is 31.9 Å². The number of benzene rings is 2. The molecule has 0 aliphatic carbocycles. The Labute approximate surface area is 168 Å². The lowest BCUT2D eigenvalue weighted by atomic mass is 10.1. The van der Waals surface area contributed by atoms with E-state index in [0.29, 0.717) is 24.5 Å². The van der Waals surface area contributed by atoms with Gasteiger partial charge in [-0.3, -0.25) is 9.69 Å². The maximum atomic E-state index is 12.6. The summed E-state index contributed by atoms with van der Waals surface area (Å²) in [6.07, 6.45) is 0.216. The third kappa shape index (κ3) is 5.54. The molecule has 1 N–H and O–H groups in total. The smallest absolute Gasteiger partial charge is 0.227 e. The van der Waals surface area contributed by atoms with Crippen molar-refractivity contribution in [2.45, 2.75) is 26.0 Å². The van der Waals surface area contributed by atoms with Crippen LogP contribution < -0.4 is 10.1 Å². The van der Waals surface area contributed by atoms with Crippen LogP contribution in [0.2, 0.25) is 0 Å².